The molecule has 2 aliphatic rings. The van der Waals surface area contributed by atoms with Gasteiger partial charge in [0.2, 0.25) is 5.88 Å². The van der Waals surface area contributed by atoms with E-state index < -0.39 is 18.3 Å². The van der Waals surface area contributed by atoms with Crippen molar-refractivity contribution in [3.63, 3.8) is 0 Å². The molecule has 0 saturated carbocycles. The van der Waals surface area contributed by atoms with E-state index in [0.29, 0.717) is 34.8 Å². The predicted octanol–water partition coefficient (Wildman–Crippen LogP) is 5.67. The zero-order valence-electron chi connectivity index (χ0n) is 25.3. The second kappa shape index (κ2) is 13.1. The van der Waals surface area contributed by atoms with Crippen molar-refractivity contribution in [2.24, 2.45) is 0 Å². The van der Waals surface area contributed by atoms with E-state index in [-0.39, 0.29) is 29.9 Å². The van der Waals surface area contributed by atoms with Crippen molar-refractivity contribution in [1.82, 2.24) is 34.4 Å². The maximum atomic E-state index is 14.8. The third-order valence-electron chi connectivity index (χ3n) is 8.80. The number of imidazole rings is 1. The minimum Gasteiger partial charge on any atom is -0.478 e. The number of carboxylic acid groups (broad SMARTS) is 1. The molecular formula is C33H32F3N7O4. The van der Waals surface area contributed by atoms with Crippen LogP contribution in [0.1, 0.15) is 59.2 Å². The number of halogens is 3. The van der Waals surface area contributed by atoms with Crippen LogP contribution in [0.2, 0.25) is 0 Å². The fraction of sp³-hybridized carbons (Fsp3) is 0.364. The summed E-state index contributed by atoms with van der Waals surface area (Å²) in [5, 5.41) is 16.6. The van der Waals surface area contributed by atoms with Crippen molar-refractivity contribution in [3.8, 4) is 17.1 Å². The number of carbonyl (C=O) groups is 1. The summed E-state index contributed by atoms with van der Waals surface area (Å²) in [7, 11) is 0. The van der Waals surface area contributed by atoms with E-state index in [1.807, 2.05) is 12.1 Å². The van der Waals surface area contributed by atoms with E-state index >= 15 is 0 Å². The molecule has 2 aromatic carbocycles. The number of carboxylic acids is 1. The highest BCUT2D eigenvalue weighted by molar-refractivity contribution is 5.92. The average molecular weight is 648 g/mol. The van der Waals surface area contributed by atoms with Gasteiger partial charge in [-0.25, -0.2) is 19.2 Å². The minimum absolute atomic E-state index is 0.0500. The zero-order valence-corrected chi connectivity index (χ0v) is 25.3. The van der Waals surface area contributed by atoms with Crippen LogP contribution < -0.4 is 4.74 Å². The number of aromatic nitrogens is 6. The van der Waals surface area contributed by atoms with Crippen LogP contribution in [0.15, 0.2) is 60.8 Å². The van der Waals surface area contributed by atoms with Crippen LogP contribution in [0.25, 0.3) is 22.3 Å². The lowest BCUT2D eigenvalue weighted by molar-refractivity contribution is -0.0592. The second-order valence-corrected chi connectivity index (χ2v) is 11.8. The smallest absolute Gasteiger partial charge is 0.335 e. The molecule has 1 atom stereocenters. The van der Waals surface area contributed by atoms with Gasteiger partial charge < -0.3 is 19.1 Å². The summed E-state index contributed by atoms with van der Waals surface area (Å²) in [5.41, 5.74) is 3.50. The lowest BCUT2D eigenvalue weighted by Gasteiger charge is -2.32. The van der Waals surface area contributed by atoms with Gasteiger partial charge in [-0.15, -0.1) is 5.10 Å². The largest absolute Gasteiger partial charge is 0.478 e. The zero-order chi connectivity index (χ0) is 32.5. The standard InChI is InChI=1S/C33H32F3N7O4/c34-25-14-21(28-17-43(33(35)36)40-39-28)4-5-23(25)19-47-31-3-1-2-26(38-31)20-8-11-41(12-9-20)18-30-37-27-7-6-22(32(44)45)15-29(27)42(30)16-24-10-13-46-24/h1-7,14-15,17,20,24,33H,8-13,16,18-19H2,(H,44,45)/t24-/m0/s1. The molecule has 0 amide bonds. The molecule has 14 heteroatoms. The van der Waals surface area contributed by atoms with E-state index in [2.05, 4.69) is 19.8 Å². The number of benzene rings is 2. The molecule has 7 rings (SSSR count). The third-order valence-corrected chi connectivity index (χ3v) is 8.80. The molecule has 244 valence electrons. The SMILES string of the molecule is O=C(O)c1ccc2nc(CN3CCC(c4cccc(OCc5ccc(-c6cn(C(F)F)nn6)cc5F)n4)CC3)n(C[C@@H]3CCO3)c2c1. The summed E-state index contributed by atoms with van der Waals surface area (Å²) in [5.74, 6) is -0.00168. The first kappa shape index (κ1) is 30.8. The van der Waals surface area contributed by atoms with Gasteiger partial charge in [-0.05, 0) is 62.7 Å². The van der Waals surface area contributed by atoms with Gasteiger partial charge in [0.1, 0.15) is 23.9 Å². The number of pyridine rings is 1. The first-order valence-electron chi connectivity index (χ1n) is 15.5. The van der Waals surface area contributed by atoms with Gasteiger partial charge in [-0.3, -0.25) is 4.90 Å². The van der Waals surface area contributed by atoms with Crippen LogP contribution in [0.5, 0.6) is 5.88 Å². The van der Waals surface area contributed by atoms with Crippen molar-refractivity contribution < 1.29 is 32.5 Å². The molecule has 2 saturated heterocycles. The quantitative estimate of drug-likeness (QED) is 0.193. The fourth-order valence-corrected chi connectivity index (χ4v) is 6.07. The third kappa shape index (κ3) is 6.69. The molecule has 47 heavy (non-hydrogen) atoms. The highest BCUT2D eigenvalue weighted by atomic mass is 19.3. The van der Waals surface area contributed by atoms with Gasteiger partial charge >= 0.3 is 12.5 Å². The maximum Gasteiger partial charge on any atom is 0.335 e. The summed E-state index contributed by atoms with van der Waals surface area (Å²) in [6.07, 6.45) is 3.91. The summed E-state index contributed by atoms with van der Waals surface area (Å²) >= 11 is 0. The Labute approximate surface area is 267 Å². The fourth-order valence-electron chi connectivity index (χ4n) is 6.07. The monoisotopic (exact) mass is 647 g/mol. The molecule has 11 nitrogen and oxygen atoms in total. The first-order chi connectivity index (χ1) is 22.8. The molecule has 2 fully saturated rings. The number of ether oxygens (including phenoxy) is 2. The van der Waals surface area contributed by atoms with Crippen LogP contribution in [-0.4, -0.2) is 71.3 Å². The lowest BCUT2D eigenvalue weighted by atomic mass is 9.93. The Kier molecular flexibility index (Phi) is 8.60. The van der Waals surface area contributed by atoms with Crippen LogP contribution >= 0.6 is 0 Å². The second-order valence-electron chi connectivity index (χ2n) is 11.8. The van der Waals surface area contributed by atoms with Gasteiger partial charge in [0, 0.05) is 35.4 Å². The molecule has 0 bridgehead atoms. The number of hydrogen-bond donors (Lipinski definition) is 1. The summed E-state index contributed by atoms with van der Waals surface area (Å²) in [6.45, 7) is 0.820. The Morgan fingerprint density at radius 1 is 1.06 bits per heavy atom. The van der Waals surface area contributed by atoms with Crippen LogP contribution in [0, 0.1) is 5.82 Å². The molecule has 5 aromatic rings. The van der Waals surface area contributed by atoms with Gasteiger partial charge in [0.15, 0.2) is 0 Å². The van der Waals surface area contributed by atoms with E-state index in [1.165, 1.54) is 12.1 Å². The topological polar surface area (TPSA) is 120 Å². The summed E-state index contributed by atoms with van der Waals surface area (Å²) in [6, 6.07) is 15.0. The predicted molar refractivity (Wildman–Crippen MR) is 164 cm³/mol. The van der Waals surface area contributed by atoms with Crippen LogP contribution in [-0.2, 0) is 24.4 Å². The van der Waals surface area contributed by atoms with Gasteiger partial charge in [-0.1, -0.05) is 23.4 Å². The highest BCUT2D eigenvalue weighted by Crippen LogP contribution is 2.30. The van der Waals surface area contributed by atoms with E-state index in [0.717, 1.165) is 67.7 Å². The Hall–Kier alpha value is -4.82. The Bertz CT molecular complexity index is 1900. The number of rotatable bonds is 11. The number of likely N-dealkylation sites (tertiary alicyclic amines) is 1. The summed E-state index contributed by atoms with van der Waals surface area (Å²) < 4.78 is 54.5. The van der Waals surface area contributed by atoms with Crippen LogP contribution in [0.3, 0.4) is 0 Å². The molecule has 0 unspecified atom stereocenters. The van der Waals surface area contributed by atoms with Gasteiger partial charge in [-0.2, -0.15) is 13.5 Å². The maximum absolute atomic E-state index is 14.8. The van der Waals surface area contributed by atoms with Crippen molar-refractivity contribution in [2.45, 2.75) is 57.5 Å². The van der Waals surface area contributed by atoms with E-state index in [4.69, 9.17) is 19.4 Å². The Balaban J connectivity index is 0.972. The van der Waals surface area contributed by atoms with Gasteiger partial charge in [0.05, 0.1) is 42.0 Å². The Morgan fingerprint density at radius 3 is 2.60 bits per heavy atom. The molecule has 0 spiro atoms. The van der Waals surface area contributed by atoms with Gasteiger partial charge in [0.25, 0.3) is 0 Å². The number of hydrogen-bond acceptors (Lipinski definition) is 8. The van der Waals surface area contributed by atoms with Crippen molar-refractivity contribution in [2.75, 3.05) is 19.7 Å². The Morgan fingerprint density at radius 2 is 1.89 bits per heavy atom. The molecule has 0 radical (unpaired) electrons. The normalized spacial score (nSPS) is 17.3. The van der Waals surface area contributed by atoms with E-state index in [1.54, 1.807) is 30.3 Å². The molecule has 3 aromatic heterocycles. The molecule has 5 heterocycles. The number of alkyl halides is 2. The lowest BCUT2D eigenvalue weighted by Crippen LogP contribution is -2.35. The van der Waals surface area contributed by atoms with Crippen molar-refractivity contribution >= 4 is 17.0 Å². The van der Waals surface area contributed by atoms with Crippen molar-refractivity contribution in [1.29, 1.82) is 0 Å². The molecule has 2 aliphatic heterocycles. The average Bonchev–Trinajstić information content (AvgIpc) is 3.68. The number of nitrogens with zero attached hydrogens (tertiary/aromatic N) is 7. The summed E-state index contributed by atoms with van der Waals surface area (Å²) in [4.78, 5) is 23.6. The first-order valence-corrected chi connectivity index (χ1v) is 15.5. The molecule has 1 N–H and O–H groups in total. The van der Waals surface area contributed by atoms with E-state index in [9.17, 15) is 23.1 Å². The number of aromatic carboxylic acids is 1. The van der Waals surface area contributed by atoms with Crippen LogP contribution in [0.4, 0.5) is 13.2 Å². The van der Waals surface area contributed by atoms with Crippen molar-refractivity contribution in [3.05, 3.63) is 89.3 Å². The number of piperidine rings is 1. The molecule has 0 aliphatic carbocycles. The minimum atomic E-state index is -2.82. The highest BCUT2D eigenvalue weighted by Gasteiger charge is 2.26. The molecular weight excluding hydrogens is 615 g/mol. The number of fused-ring (bicyclic) bond motifs is 1.